The Kier molecular flexibility index (Phi) is 4.28. The summed E-state index contributed by atoms with van der Waals surface area (Å²) in [4.78, 5) is 0. The summed E-state index contributed by atoms with van der Waals surface area (Å²) in [6.07, 6.45) is 11.7. The van der Waals surface area contributed by atoms with Gasteiger partial charge < -0.3 is 0 Å². The second-order valence-corrected chi connectivity index (χ2v) is 4.88. The number of hydrogen-bond donors (Lipinski definition) is 0. The van der Waals surface area contributed by atoms with E-state index in [9.17, 15) is 0 Å². The maximum absolute atomic E-state index is 2.36. The van der Waals surface area contributed by atoms with Gasteiger partial charge in [-0.25, -0.2) is 0 Å². The van der Waals surface area contributed by atoms with Gasteiger partial charge in [0.05, 0.1) is 0 Å². The van der Waals surface area contributed by atoms with Crippen LogP contribution in [0, 0.1) is 11.3 Å². The van der Waals surface area contributed by atoms with E-state index < -0.39 is 0 Å². The lowest BCUT2D eigenvalue weighted by atomic mass is 9.90. The van der Waals surface area contributed by atoms with Crippen LogP contribution in [0.5, 0.6) is 0 Å². The fourth-order valence-corrected chi connectivity index (χ4v) is 2.97. The predicted octanol–water partition coefficient (Wildman–Crippen LogP) is 4.78. The first kappa shape index (κ1) is 11.1. The summed E-state index contributed by atoms with van der Waals surface area (Å²) in [6, 6.07) is 0. The molecular formula is C13H26. The Morgan fingerprint density at radius 2 is 1.77 bits per heavy atom. The molecule has 78 valence electrons. The minimum Gasteiger partial charge on any atom is -0.0654 e. The first-order valence-electron chi connectivity index (χ1n) is 6.29. The van der Waals surface area contributed by atoms with Crippen LogP contribution < -0.4 is 0 Å². The van der Waals surface area contributed by atoms with Gasteiger partial charge in [-0.2, -0.15) is 0 Å². The first-order chi connectivity index (χ1) is 6.29. The van der Waals surface area contributed by atoms with Crippen LogP contribution in [0.15, 0.2) is 0 Å². The Bertz CT molecular complexity index is 139. The van der Waals surface area contributed by atoms with E-state index in [4.69, 9.17) is 0 Å². The second kappa shape index (κ2) is 5.02. The smallest absolute Gasteiger partial charge is 0.0266 e. The molecule has 0 heterocycles. The summed E-state index contributed by atoms with van der Waals surface area (Å²) in [5.74, 6) is 1.09. The molecule has 2 atom stereocenters. The monoisotopic (exact) mass is 182 g/mol. The van der Waals surface area contributed by atoms with E-state index in [0.29, 0.717) is 0 Å². The van der Waals surface area contributed by atoms with Gasteiger partial charge in [-0.15, -0.1) is 0 Å². The van der Waals surface area contributed by atoms with E-state index in [-0.39, 0.29) is 0 Å². The summed E-state index contributed by atoms with van der Waals surface area (Å²) < 4.78 is 0. The maximum atomic E-state index is 2.36. The lowest BCUT2D eigenvalue weighted by Crippen LogP contribution is -2.03. The molecule has 1 saturated carbocycles. The zero-order valence-corrected chi connectivity index (χ0v) is 9.73. The van der Waals surface area contributed by atoms with Crippen molar-refractivity contribution >= 4 is 0 Å². The lowest BCUT2D eigenvalue weighted by molar-refractivity contribution is 0.361. The Labute approximate surface area is 84.1 Å². The third-order valence-electron chi connectivity index (χ3n) is 3.88. The highest BCUT2D eigenvalue weighted by atomic mass is 14.5. The minimum absolute atomic E-state index is 0.818. The molecule has 13 heavy (non-hydrogen) atoms. The molecular weight excluding hydrogens is 156 g/mol. The predicted molar refractivity (Wildman–Crippen MR) is 59.9 cm³/mol. The second-order valence-electron chi connectivity index (χ2n) is 4.88. The minimum atomic E-state index is 0.818. The standard InChI is InChI=1S/C13H26/c1-4-7-8-10-13(9-5-2)11-12(13)6-3/h12H,4-11H2,1-3H3. The summed E-state index contributed by atoms with van der Waals surface area (Å²) in [7, 11) is 0. The van der Waals surface area contributed by atoms with E-state index >= 15 is 0 Å². The summed E-state index contributed by atoms with van der Waals surface area (Å²) >= 11 is 0. The molecule has 1 aliphatic rings. The van der Waals surface area contributed by atoms with Crippen LogP contribution in [0.4, 0.5) is 0 Å². The van der Waals surface area contributed by atoms with Crippen LogP contribution in [0.3, 0.4) is 0 Å². The molecule has 0 bridgehead atoms. The molecule has 0 saturated heterocycles. The normalized spacial score (nSPS) is 32.1. The maximum Gasteiger partial charge on any atom is -0.0266 e. The molecule has 0 spiro atoms. The van der Waals surface area contributed by atoms with Crippen LogP contribution in [-0.4, -0.2) is 0 Å². The van der Waals surface area contributed by atoms with Crippen molar-refractivity contribution in [1.82, 2.24) is 0 Å². The molecule has 0 aromatic carbocycles. The molecule has 1 fully saturated rings. The zero-order chi connectivity index (χ0) is 9.73. The third kappa shape index (κ3) is 2.72. The Hall–Kier alpha value is 0. The Morgan fingerprint density at radius 1 is 1.00 bits per heavy atom. The number of rotatable bonds is 7. The molecule has 0 heteroatoms. The Morgan fingerprint density at radius 3 is 2.23 bits per heavy atom. The SMILES string of the molecule is CCCCCC1(CCC)CC1CC. The highest BCUT2D eigenvalue weighted by Gasteiger charge is 2.50. The van der Waals surface area contributed by atoms with E-state index in [1.807, 2.05) is 0 Å². The molecule has 0 radical (unpaired) electrons. The highest BCUT2D eigenvalue weighted by molar-refractivity contribution is 5.00. The summed E-state index contributed by atoms with van der Waals surface area (Å²) in [5, 5.41) is 0. The van der Waals surface area contributed by atoms with Gasteiger partial charge in [-0.05, 0) is 30.6 Å². The van der Waals surface area contributed by atoms with Crippen molar-refractivity contribution in [2.24, 2.45) is 11.3 Å². The fraction of sp³-hybridized carbons (Fsp3) is 1.00. The number of unbranched alkanes of at least 4 members (excludes halogenated alkanes) is 2. The van der Waals surface area contributed by atoms with Crippen LogP contribution in [0.25, 0.3) is 0 Å². The van der Waals surface area contributed by atoms with Crippen LogP contribution >= 0.6 is 0 Å². The summed E-state index contributed by atoms with van der Waals surface area (Å²) in [6.45, 7) is 7.01. The first-order valence-corrected chi connectivity index (χ1v) is 6.29. The van der Waals surface area contributed by atoms with Gasteiger partial charge in [0.2, 0.25) is 0 Å². The molecule has 0 aromatic heterocycles. The largest absolute Gasteiger partial charge is 0.0654 e. The van der Waals surface area contributed by atoms with Crippen molar-refractivity contribution in [1.29, 1.82) is 0 Å². The molecule has 2 unspecified atom stereocenters. The van der Waals surface area contributed by atoms with Gasteiger partial charge in [0, 0.05) is 0 Å². The van der Waals surface area contributed by atoms with Crippen molar-refractivity contribution in [2.45, 2.75) is 72.1 Å². The van der Waals surface area contributed by atoms with Crippen LogP contribution in [-0.2, 0) is 0 Å². The molecule has 1 rings (SSSR count). The number of hydrogen-bond acceptors (Lipinski definition) is 0. The molecule has 0 amide bonds. The van der Waals surface area contributed by atoms with Crippen molar-refractivity contribution in [3.63, 3.8) is 0 Å². The highest BCUT2D eigenvalue weighted by Crippen LogP contribution is 2.60. The summed E-state index contributed by atoms with van der Waals surface area (Å²) in [5.41, 5.74) is 0.818. The quantitative estimate of drug-likeness (QED) is 0.497. The Balaban J connectivity index is 2.24. The molecule has 1 aliphatic carbocycles. The van der Waals surface area contributed by atoms with Gasteiger partial charge in [-0.3, -0.25) is 0 Å². The lowest BCUT2D eigenvalue weighted by Gasteiger charge is -2.15. The van der Waals surface area contributed by atoms with Gasteiger partial charge in [-0.1, -0.05) is 52.9 Å². The molecule has 0 aliphatic heterocycles. The molecule has 0 N–H and O–H groups in total. The van der Waals surface area contributed by atoms with E-state index in [1.54, 1.807) is 6.42 Å². The molecule has 0 nitrogen and oxygen atoms in total. The van der Waals surface area contributed by atoms with Crippen molar-refractivity contribution in [2.75, 3.05) is 0 Å². The van der Waals surface area contributed by atoms with Crippen molar-refractivity contribution in [3.05, 3.63) is 0 Å². The van der Waals surface area contributed by atoms with Crippen molar-refractivity contribution < 1.29 is 0 Å². The zero-order valence-electron chi connectivity index (χ0n) is 9.73. The van der Waals surface area contributed by atoms with E-state index in [1.165, 1.54) is 44.9 Å². The fourth-order valence-electron chi connectivity index (χ4n) is 2.97. The van der Waals surface area contributed by atoms with Gasteiger partial charge in [0.25, 0.3) is 0 Å². The topological polar surface area (TPSA) is 0 Å². The average Bonchev–Trinajstić information content (AvgIpc) is 2.80. The van der Waals surface area contributed by atoms with Gasteiger partial charge in [0.15, 0.2) is 0 Å². The van der Waals surface area contributed by atoms with Crippen LogP contribution in [0.2, 0.25) is 0 Å². The van der Waals surface area contributed by atoms with Gasteiger partial charge in [0.1, 0.15) is 0 Å². The molecule has 0 aromatic rings. The van der Waals surface area contributed by atoms with Gasteiger partial charge >= 0.3 is 0 Å². The average molecular weight is 182 g/mol. The van der Waals surface area contributed by atoms with E-state index in [2.05, 4.69) is 20.8 Å². The van der Waals surface area contributed by atoms with Crippen molar-refractivity contribution in [3.8, 4) is 0 Å². The van der Waals surface area contributed by atoms with E-state index in [0.717, 1.165) is 11.3 Å². The third-order valence-corrected chi connectivity index (χ3v) is 3.88. The van der Waals surface area contributed by atoms with Crippen LogP contribution in [0.1, 0.15) is 72.1 Å².